The Bertz CT molecular complexity index is 405. The molecule has 0 aromatic rings. The first kappa shape index (κ1) is 10.8. The smallest absolute Gasteiger partial charge is 0.163 e. The van der Waals surface area contributed by atoms with Gasteiger partial charge < -0.3 is 0 Å². The Morgan fingerprint density at radius 2 is 1.38 bits per heavy atom. The number of rotatable bonds is 2. The quantitative estimate of drug-likeness (QED) is 0.707. The largest absolute Gasteiger partial charge is 0.294 e. The van der Waals surface area contributed by atoms with E-state index in [-0.39, 0.29) is 17.5 Å². The van der Waals surface area contributed by atoms with Gasteiger partial charge in [-0.3, -0.25) is 9.59 Å². The molecule has 0 amide bonds. The molecule has 0 unspecified atom stereocenters. The highest BCUT2D eigenvalue weighted by Crippen LogP contribution is 2.27. The van der Waals surface area contributed by atoms with Gasteiger partial charge in [0.15, 0.2) is 11.6 Å². The monoisotopic (exact) mass is 214 g/mol. The Hall–Kier alpha value is -1.70. The van der Waals surface area contributed by atoms with Gasteiger partial charge in [-0.25, -0.2) is 0 Å². The molecule has 2 aliphatic carbocycles. The Morgan fingerprint density at radius 1 is 0.938 bits per heavy atom. The van der Waals surface area contributed by atoms with Crippen molar-refractivity contribution in [1.82, 2.24) is 0 Å². The maximum absolute atomic E-state index is 11.7. The van der Waals surface area contributed by atoms with Crippen LogP contribution < -0.4 is 0 Å². The molecule has 0 atom stereocenters. The first-order chi connectivity index (χ1) is 7.70. The summed E-state index contributed by atoms with van der Waals surface area (Å²) < 4.78 is 0. The third-order valence-electron chi connectivity index (χ3n) is 3.01. The molecule has 0 spiro atoms. The summed E-state index contributed by atoms with van der Waals surface area (Å²) >= 11 is 0. The van der Waals surface area contributed by atoms with E-state index in [2.05, 4.69) is 0 Å². The van der Waals surface area contributed by atoms with Crippen LogP contribution in [0.1, 0.15) is 19.8 Å². The molecule has 16 heavy (non-hydrogen) atoms. The molecule has 0 bridgehead atoms. The molecule has 0 aromatic heterocycles. The van der Waals surface area contributed by atoms with Crippen LogP contribution in [-0.4, -0.2) is 11.6 Å². The van der Waals surface area contributed by atoms with Crippen LogP contribution in [0.3, 0.4) is 0 Å². The van der Waals surface area contributed by atoms with Crippen LogP contribution in [0.4, 0.5) is 0 Å². The lowest BCUT2D eigenvalue weighted by Crippen LogP contribution is -2.19. The van der Waals surface area contributed by atoms with Crippen LogP contribution in [0, 0.1) is 5.92 Å². The summed E-state index contributed by atoms with van der Waals surface area (Å²) in [7, 11) is 0. The topological polar surface area (TPSA) is 34.1 Å². The molecule has 2 aliphatic rings. The second kappa shape index (κ2) is 4.44. The first-order valence-electron chi connectivity index (χ1n) is 5.50. The van der Waals surface area contributed by atoms with Crippen molar-refractivity contribution in [2.24, 2.45) is 5.92 Å². The number of Topliss-reactive ketones (excluding diaryl/α,β-unsaturated/α-hetero) is 2. The normalized spacial score (nSPS) is 20.1. The minimum Gasteiger partial charge on any atom is -0.294 e. The fourth-order valence-electron chi connectivity index (χ4n) is 2.05. The summed E-state index contributed by atoms with van der Waals surface area (Å²) in [5, 5.41) is 0. The molecule has 0 saturated carbocycles. The number of hydrogen-bond donors (Lipinski definition) is 0. The number of allylic oxidation sites excluding steroid dienone is 8. The second-order valence-corrected chi connectivity index (χ2v) is 4.08. The SMILES string of the molecule is CC(C1=CC=CCC1=O)C1=CC=CCC1=O. The average Bonchev–Trinajstić information content (AvgIpc) is 2.29. The summed E-state index contributed by atoms with van der Waals surface area (Å²) in [5.74, 6) is 0.159. The summed E-state index contributed by atoms with van der Waals surface area (Å²) in [6, 6.07) is 0. The molecular formula is C14H14O2. The van der Waals surface area contributed by atoms with E-state index >= 15 is 0 Å². The third-order valence-corrected chi connectivity index (χ3v) is 3.01. The van der Waals surface area contributed by atoms with Gasteiger partial charge in [0.2, 0.25) is 0 Å². The van der Waals surface area contributed by atoms with E-state index in [1.807, 2.05) is 43.4 Å². The van der Waals surface area contributed by atoms with E-state index in [9.17, 15) is 9.59 Å². The first-order valence-corrected chi connectivity index (χ1v) is 5.50. The van der Waals surface area contributed by atoms with Gasteiger partial charge in [-0.1, -0.05) is 43.4 Å². The maximum atomic E-state index is 11.7. The molecule has 0 aromatic carbocycles. The zero-order valence-electron chi connectivity index (χ0n) is 9.27. The van der Waals surface area contributed by atoms with Crippen LogP contribution in [0.25, 0.3) is 0 Å². The summed E-state index contributed by atoms with van der Waals surface area (Å²) in [6.45, 7) is 1.92. The molecule has 2 nitrogen and oxygen atoms in total. The summed E-state index contributed by atoms with van der Waals surface area (Å²) in [4.78, 5) is 23.4. The van der Waals surface area contributed by atoms with Crippen LogP contribution in [0.5, 0.6) is 0 Å². The summed E-state index contributed by atoms with van der Waals surface area (Å²) in [6.07, 6.45) is 12.0. The molecule has 0 aliphatic heterocycles. The average molecular weight is 214 g/mol. The van der Waals surface area contributed by atoms with E-state index in [0.717, 1.165) is 11.1 Å². The lowest BCUT2D eigenvalue weighted by molar-refractivity contribution is -0.115. The lowest BCUT2D eigenvalue weighted by atomic mass is 9.83. The van der Waals surface area contributed by atoms with Crippen molar-refractivity contribution in [3.8, 4) is 0 Å². The van der Waals surface area contributed by atoms with Gasteiger partial charge in [0, 0.05) is 29.9 Å². The Kier molecular flexibility index (Phi) is 3.00. The molecule has 2 heteroatoms. The third kappa shape index (κ3) is 1.96. The van der Waals surface area contributed by atoms with E-state index in [4.69, 9.17) is 0 Å². The van der Waals surface area contributed by atoms with Gasteiger partial charge in [-0.2, -0.15) is 0 Å². The molecule has 0 N–H and O–H groups in total. The minimum absolute atomic E-state index is 0.0881. The van der Waals surface area contributed by atoms with Gasteiger partial charge in [-0.05, 0) is 0 Å². The van der Waals surface area contributed by atoms with Crippen LogP contribution >= 0.6 is 0 Å². The predicted molar refractivity (Wildman–Crippen MR) is 62.9 cm³/mol. The number of carbonyl (C=O) groups is 2. The molecule has 2 rings (SSSR count). The molecular weight excluding hydrogens is 200 g/mol. The number of carbonyl (C=O) groups excluding carboxylic acids is 2. The van der Waals surface area contributed by atoms with Crippen LogP contribution in [-0.2, 0) is 9.59 Å². The Morgan fingerprint density at radius 3 is 1.75 bits per heavy atom. The van der Waals surface area contributed by atoms with Gasteiger partial charge in [0.1, 0.15) is 0 Å². The highest BCUT2D eigenvalue weighted by Gasteiger charge is 2.24. The highest BCUT2D eigenvalue weighted by molar-refractivity contribution is 6.04. The van der Waals surface area contributed by atoms with Gasteiger partial charge in [0.05, 0.1) is 0 Å². The van der Waals surface area contributed by atoms with E-state index in [1.54, 1.807) is 0 Å². The van der Waals surface area contributed by atoms with E-state index < -0.39 is 0 Å². The molecule has 0 radical (unpaired) electrons. The highest BCUT2D eigenvalue weighted by atomic mass is 16.1. The van der Waals surface area contributed by atoms with Crippen molar-refractivity contribution in [2.45, 2.75) is 19.8 Å². The Labute approximate surface area is 95.0 Å². The minimum atomic E-state index is -0.0881. The van der Waals surface area contributed by atoms with Crippen LogP contribution in [0.15, 0.2) is 47.6 Å². The van der Waals surface area contributed by atoms with Gasteiger partial charge >= 0.3 is 0 Å². The van der Waals surface area contributed by atoms with E-state index in [1.165, 1.54) is 0 Å². The predicted octanol–water partition coefficient (Wildman–Crippen LogP) is 2.53. The molecule has 82 valence electrons. The van der Waals surface area contributed by atoms with Crippen molar-refractivity contribution in [3.05, 3.63) is 47.6 Å². The molecule has 0 saturated heterocycles. The van der Waals surface area contributed by atoms with Crippen LogP contribution in [0.2, 0.25) is 0 Å². The number of ketones is 2. The Balaban J connectivity index is 2.28. The maximum Gasteiger partial charge on any atom is 0.163 e. The standard InChI is InChI=1S/C14H14O2/c1-10(11-6-2-4-8-13(11)15)12-7-3-5-9-14(12)16/h2-7,10H,8-9H2,1H3. The zero-order valence-corrected chi connectivity index (χ0v) is 9.27. The molecule has 0 heterocycles. The van der Waals surface area contributed by atoms with Crippen molar-refractivity contribution >= 4 is 11.6 Å². The van der Waals surface area contributed by atoms with Gasteiger partial charge in [-0.15, -0.1) is 0 Å². The number of hydrogen-bond acceptors (Lipinski definition) is 2. The van der Waals surface area contributed by atoms with Crippen molar-refractivity contribution < 1.29 is 9.59 Å². The lowest BCUT2D eigenvalue weighted by Gasteiger charge is -2.19. The van der Waals surface area contributed by atoms with Crippen molar-refractivity contribution in [2.75, 3.05) is 0 Å². The second-order valence-electron chi connectivity index (χ2n) is 4.08. The van der Waals surface area contributed by atoms with E-state index in [0.29, 0.717) is 12.8 Å². The zero-order chi connectivity index (χ0) is 11.5. The fraction of sp³-hybridized carbons (Fsp3) is 0.286. The molecule has 0 fully saturated rings. The summed E-state index contributed by atoms with van der Waals surface area (Å²) in [5.41, 5.74) is 1.50. The van der Waals surface area contributed by atoms with Crippen molar-refractivity contribution in [3.63, 3.8) is 0 Å². The van der Waals surface area contributed by atoms with Gasteiger partial charge in [0.25, 0.3) is 0 Å². The fourth-order valence-corrected chi connectivity index (χ4v) is 2.05. The van der Waals surface area contributed by atoms with Crippen molar-refractivity contribution in [1.29, 1.82) is 0 Å².